The molecule has 2 aliphatic rings. The van der Waals surface area contributed by atoms with Gasteiger partial charge in [0, 0.05) is 63.2 Å². The van der Waals surface area contributed by atoms with E-state index >= 15 is 0 Å². The standard InChI is InChI=1S/C12H23N3O2S.ClH/c16-7-6-14-2-4-15(5-3-14)12(17)9-11-10-18-8-1-13-11;/h11,13,16H,1-10H2;1H. The van der Waals surface area contributed by atoms with E-state index in [-0.39, 0.29) is 24.9 Å². The highest BCUT2D eigenvalue weighted by molar-refractivity contribution is 7.99. The third-order valence-electron chi connectivity index (χ3n) is 3.56. The van der Waals surface area contributed by atoms with Crippen LogP contribution in [-0.2, 0) is 4.79 Å². The summed E-state index contributed by atoms with van der Waals surface area (Å²) < 4.78 is 0. The molecule has 2 fully saturated rings. The summed E-state index contributed by atoms with van der Waals surface area (Å²) in [7, 11) is 0. The Hall–Kier alpha value is -0.0100. The molecule has 0 aromatic heterocycles. The van der Waals surface area contributed by atoms with Gasteiger partial charge in [0.05, 0.1) is 6.61 Å². The minimum atomic E-state index is 0. The van der Waals surface area contributed by atoms with Gasteiger partial charge < -0.3 is 15.3 Å². The zero-order chi connectivity index (χ0) is 12.8. The van der Waals surface area contributed by atoms with Gasteiger partial charge in [-0.1, -0.05) is 0 Å². The number of nitrogens with zero attached hydrogens (tertiary/aromatic N) is 2. The molecule has 0 aromatic rings. The molecule has 112 valence electrons. The summed E-state index contributed by atoms with van der Waals surface area (Å²) in [4.78, 5) is 16.3. The van der Waals surface area contributed by atoms with Gasteiger partial charge in [0.25, 0.3) is 0 Å². The molecular formula is C12H24ClN3O2S. The van der Waals surface area contributed by atoms with Crippen molar-refractivity contribution in [2.24, 2.45) is 0 Å². The number of nitrogens with one attached hydrogen (secondary N) is 1. The highest BCUT2D eigenvalue weighted by Gasteiger charge is 2.24. The van der Waals surface area contributed by atoms with Crippen LogP contribution < -0.4 is 5.32 Å². The number of β-amino-alcohol motifs (C(OH)–C–C–N with tert-alkyl or cyclic N) is 1. The van der Waals surface area contributed by atoms with Crippen molar-refractivity contribution in [2.75, 3.05) is 57.4 Å². The summed E-state index contributed by atoms with van der Waals surface area (Å²) in [5, 5.41) is 12.3. The Morgan fingerprint density at radius 3 is 2.63 bits per heavy atom. The van der Waals surface area contributed by atoms with Crippen molar-refractivity contribution in [2.45, 2.75) is 12.5 Å². The third-order valence-corrected chi connectivity index (χ3v) is 4.69. The number of hydrogen-bond acceptors (Lipinski definition) is 5. The molecule has 2 saturated heterocycles. The first-order valence-electron chi connectivity index (χ1n) is 6.71. The largest absolute Gasteiger partial charge is 0.395 e. The third kappa shape index (κ3) is 5.47. The molecule has 2 aliphatic heterocycles. The molecule has 0 saturated carbocycles. The van der Waals surface area contributed by atoms with Crippen LogP contribution in [0.2, 0.25) is 0 Å². The Bertz CT molecular complexity index is 270. The second-order valence-electron chi connectivity index (χ2n) is 4.88. The Morgan fingerprint density at radius 1 is 1.32 bits per heavy atom. The zero-order valence-electron chi connectivity index (χ0n) is 11.2. The molecule has 0 spiro atoms. The fourth-order valence-electron chi connectivity index (χ4n) is 2.45. The van der Waals surface area contributed by atoms with Gasteiger partial charge in [0.1, 0.15) is 0 Å². The van der Waals surface area contributed by atoms with Crippen LogP contribution in [0, 0.1) is 0 Å². The molecule has 7 heteroatoms. The maximum atomic E-state index is 12.1. The van der Waals surface area contributed by atoms with Crippen LogP contribution in [-0.4, -0.2) is 84.2 Å². The van der Waals surface area contributed by atoms with Crippen LogP contribution in [0.4, 0.5) is 0 Å². The monoisotopic (exact) mass is 309 g/mol. The van der Waals surface area contributed by atoms with E-state index in [0.717, 1.165) is 50.8 Å². The lowest BCUT2D eigenvalue weighted by molar-refractivity contribution is -0.133. The van der Waals surface area contributed by atoms with Gasteiger partial charge in [0.2, 0.25) is 5.91 Å². The number of carbonyl (C=O) groups is 1. The number of amides is 1. The van der Waals surface area contributed by atoms with Crippen LogP contribution in [0.15, 0.2) is 0 Å². The minimum Gasteiger partial charge on any atom is -0.395 e. The van der Waals surface area contributed by atoms with Crippen molar-refractivity contribution in [1.82, 2.24) is 15.1 Å². The predicted molar refractivity (Wildman–Crippen MR) is 81.1 cm³/mol. The fourth-order valence-corrected chi connectivity index (χ4v) is 3.40. The molecule has 5 nitrogen and oxygen atoms in total. The number of thioether (sulfide) groups is 1. The number of aliphatic hydroxyl groups is 1. The Labute approximate surface area is 125 Å². The molecule has 1 atom stereocenters. The summed E-state index contributed by atoms with van der Waals surface area (Å²) in [6.45, 7) is 5.34. The van der Waals surface area contributed by atoms with Crippen LogP contribution in [0.3, 0.4) is 0 Å². The van der Waals surface area contributed by atoms with Gasteiger partial charge in [-0.2, -0.15) is 11.8 Å². The molecule has 0 bridgehead atoms. The highest BCUT2D eigenvalue weighted by Crippen LogP contribution is 2.12. The maximum Gasteiger partial charge on any atom is 0.224 e. The Kier molecular flexibility index (Phi) is 8.09. The van der Waals surface area contributed by atoms with Gasteiger partial charge in [-0.15, -0.1) is 12.4 Å². The van der Waals surface area contributed by atoms with Crippen LogP contribution in [0.5, 0.6) is 0 Å². The van der Waals surface area contributed by atoms with Crippen LogP contribution >= 0.6 is 24.2 Å². The van der Waals surface area contributed by atoms with Gasteiger partial charge in [0.15, 0.2) is 0 Å². The summed E-state index contributed by atoms with van der Waals surface area (Å²) in [5.74, 6) is 2.49. The number of halogens is 1. The lowest BCUT2D eigenvalue weighted by Gasteiger charge is -2.35. The van der Waals surface area contributed by atoms with Gasteiger partial charge >= 0.3 is 0 Å². The summed E-state index contributed by atoms with van der Waals surface area (Å²) in [6, 6.07) is 0.353. The van der Waals surface area contributed by atoms with Crippen LogP contribution in [0.25, 0.3) is 0 Å². The second-order valence-corrected chi connectivity index (χ2v) is 6.03. The molecule has 0 radical (unpaired) electrons. The molecule has 2 heterocycles. The predicted octanol–water partition coefficient (Wildman–Crippen LogP) is -0.360. The number of hydrogen-bond donors (Lipinski definition) is 2. The lowest BCUT2D eigenvalue weighted by Crippen LogP contribution is -2.51. The summed E-state index contributed by atoms with van der Waals surface area (Å²) in [5.41, 5.74) is 0. The molecule has 1 unspecified atom stereocenters. The topological polar surface area (TPSA) is 55.8 Å². The van der Waals surface area contributed by atoms with E-state index in [9.17, 15) is 4.79 Å². The van der Waals surface area contributed by atoms with Gasteiger partial charge in [-0.25, -0.2) is 0 Å². The maximum absolute atomic E-state index is 12.1. The van der Waals surface area contributed by atoms with Crippen molar-refractivity contribution in [3.05, 3.63) is 0 Å². The average molecular weight is 310 g/mol. The Balaban J connectivity index is 0.00000180. The summed E-state index contributed by atoms with van der Waals surface area (Å²) in [6.07, 6.45) is 0.632. The van der Waals surface area contributed by atoms with Gasteiger partial charge in [-0.05, 0) is 0 Å². The average Bonchev–Trinajstić information content (AvgIpc) is 2.41. The highest BCUT2D eigenvalue weighted by atomic mass is 35.5. The zero-order valence-corrected chi connectivity index (χ0v) is 12.8. The normalized spacial score (nSPS) is 24.9. The van der Waals surface area contributed by atoms with E-state index in [1.165, 1.54) is 0 Å². The SMILES string of the molecule is Cl.O=C(CC1CSCCN1)N1CCN(CCO)CC1. The Morgan fingerprint density at radius 2 is 2.05 bits per heavy atom. The second kappa shape index (κ2) is 9.02. The lowest BCUT2D eigenvalue weighted by atomic mass is 10.2. The van der Waals surface area contributed by atoms with Gasteiger partial charge in [-0.3, -0.25) is 9.69 Å². The number of piperazine rings is 1. The van der Waals surface area contributed by atoms with E-state index in [4.69, 9.17) is 5.11 Å². The number of rotatable bonds is 4. The van der Waals surface area contributed by atoms with E-state index in [2.05, 4.69) is 10.2 Å². The number of carbonyl (C=O) groups excluding carboxylic acids is 1. The fraction of sp³-hybridized carbons (Fsp3) is 0.917. The molecule has 1 amide bonds. The molecule has 19 heavy (non-hydrogen) atoms. The van der Waals surface area contributed by atoms with Crippen molar-refractivity contribution < 1.29 is 9.90 Å². The smallest absolute Gasteiger partial charge is 0.224 e. The van der Waals surface area contributed by atoms with E-state index in [0.29, 0.717) is 12.5 Å². The van der Waals surface area contributed by atoms with E-state index < -0.39 is 0 Å². The molecule has 2 rings (SSSR count). The molecular weight excluding hydrogens is 286 g/mol. The number of aliphatic hydroxyl groups excluding tert-OH is 1. The summed E-state index contributed by atoms with van der Waals surface area (Å²) >= 11 is 1.93. The van der Waals surface area contributed by atoms with E-state index in [1.54, 1.807) is 0 Å². The quantitative estimate of drug-likeness (QED) is 0.743. The van der Waals surface area contributed by atoms with Crippen molar-refractivity contribution in [3.63, 3.8) is 0 Å². The van der Waals surface area contributed by atoms with Crippen molar-refractivity contribution >= 4 is 30.1 Å². The van der Waals surface area contributed by atoms with Crippen LogP contribution in [0.1, 0.15) is 6.42 Å². The molecule has 0 aromatic carbocycles. The molecule has 0 aliphatic carbocycles. The first kappa shape index (κ1) is 17.0. The van der Waals surface area contributed by atoms with Crippen molar-refractivity contribution in [3.8, 4) is 0 Å². The van der Waals surface area contributed by atoms with Crippen molar-refractivity contribution in [1.29, 1.82) is 0 Å². The first-order valence-corrected chi connectivity index (χ1v) is 7.87. The first-order chi connectivity index (χ1) is 8.79. The minimum absolute atomic E-state index is 0. The molecule has 2 N–H and O–H groups in total. The van der Waals surface area contributed by atoms with E-state index in [1.807, 2.05) is 16.7 Å².